The largest absolute Gasteiger partial charge is 0.396 e. The van der Waals surface area contributed by atoms with Crippen LogP contribution in [-0.2, 0) is 16.3 Å². The lowest BCUT2D eigenvalue weighted by molar-refractivity contribution is 0.288. The van der Waals surface area contributed by atoms with E-state index in [0.717, 1.165) is 18.5 Å². The second kappa shape index (κ2) is 6.39. The van der Waals surface area contributed by atoms with Gasteiger partial charge < -0.3 is 10.4 Å². The summed E-state index contributed by atoms with van der Waals surface area (Å²) in [6.07, 6.45) is 3.00. The van der Waals surface area contributed by atoms with E-state index in [1.165, 1.54) is 5.56 Å². The maximum absolute atomic E-state index is 11.4. The lowest BCUT2D eigenvalue weighted by atomic mass is 10.1. The molecular formula is C14H21NO3S. The van der Waals surface area contributed by atoms with Gasteiger partial charge in [-0.15, -0.1) is 0 Å². The molecule has 1 aliphatic rings. The number of benzene rings is 1. The quantitative estimate of drug-likeness (QED) is 0.861. The number of rotatable bonds is 5. The maximum atomic E-state index is 11.4. The molecule has 5 heteroatoms. The second-order valence-corrected chi connectivity index (χ2v) is 7.40. The average molecular weight is 283 g/mol. The monoisotopic (exact) mass is 283 g/mol. The number of anilines is 1. The zero-order chi connectivity index (χ0) is 13.7. The number of aryl methyl sites for hydroxylation is 1. The van der Waals surface area contributed by atoms with Crippen LogP contribution >= 0.6 is 0 Å². The molecule has 1 heterocycles. The van der Waals surface area contributed by atoms with Gasteiger partial charge in [0.2, 0.25) is 0 Å². The summed E-state index contributed by atoms with van der Waals surface area (Å²) in [6, 6.07) is 8.38. The van der Waals surface area contributed by atoms with E-state index in [-0.39, 0.29) is 24.2 Å². The van der Waals surface area contributed by atoms with Crippen LogP contribution in [0.25, 0.3) is 0 Å². The molecule has 0 aliphatic carbocycles. The minimum atomic E-state index is -2.80. The molecule has 2 rings (SSSR count). The highest BCUT2D eigenvalue weighted by atomic mass is 32.2. The Bertz CT molecular complexity index is 499. The van der Waals surface area contributed by atoms with Gasteiger partial charge in [0.1, 0.15) is 9.84 Å². The Balaban J connectivity index is 1.92. The lowest BCUT2D eigenvalue weighted by Crippen LogP contribution is -2.32. The molecule has 1 aromatic rings. The first-order chi connectivity index (χ1) is 9.09. The summed E-state index contributed by atoms with van der Waals surface area (Å²) in [5.41, 5.74) is 2.24. The van der Waals surface area contributed by atoms with Gasteiger partial charge in [0.25, 0.3) is 0 Å². The summed E-state index contributed by atoms with van der Waals surface area (Å²) in [6.45, 7) is 0.206. The van der Waals surface area contributed by atoms with E-state index in [0.29, 0.717) is 12.8 Å². The van der Waals surface area contributed by atoms with Crippen molar-refractivity contribution in [1.82, 2.24) is 0 Å². The van der Waals surface area contributed by atoms with Crippen molar-refractivity contribution in [2.45, 2.75) is 31.7 Å². The minimum absolute atomic E-state index is 0.206. The summed E-state index contributed by atoms with van der Waals surface area (Å²) >= 11 is 0. The molecule has 19 heavy (non-hydrogen) atoms. The molecule has 0 amide bonds. The number of hydrogen-bond donors (Lipinski definition) is 2. The van der Waals surface area contributed by atoms with Gasteiger partial charge in [0.15, 0.2) is 0 Å². The summed E-state index contributed by atoms with van der Waals surface area (Å²) in [5, 5.41) is 12.2. The molecule has 1 aliphatic heterocycles. The molecule has 1 fully saturated rings. The molecule has 0 unspecified atom stereocenters. The van der Waals surface area contributed by atoms with Gasteiger partial charge >= 0.3 is 0 Å². The first-order valence-electron chi connectivity index (χ1n) is 6.76. The molecule has 0 bridgehead atoms. The van der Waals surface area contributed by atoms with Gasteiger partial charge in [0.05, 0.1) is 11.5 Å². The Kier molecular flexibility index (Phi) is 4.82. The minimum Gasteiger partial charge on any atom is -0.396 e. The molecule has 0 atom stereocenters. The van der Waals surface area contributed by atoms with E-state index >= 15 is 0 Å². The Morgan fingerprint density at radius 3 is 2.68 bits per heavy atom. The topological polar surface area (TPSA) is 66.4 Å². The first-order valence-corrected chi connectivity index (χ1v) is 8.58. The second-order valence-electron chi connectivity index (χ2n) is 5.10. The average Bonchev–Trinajstić information content (AvgIpc) is 2.39. The van der Waals surface area contributed by atoms with E-state index < -0.39 is 9.84 Å². The van der Waals surface area contributed by atoms with E-state index in [9.17, 15) is 8.42 Å². The van der Waals surface area contributed by atoms with E-state index in [2.05, 4.69) is 11.4 Å². The number of nitrogens with one attached hydrogen (secondary N) is 1. The molecule has 0 radical (unpaired) electrons. The van der Waals surface area contributed by atoms with Gasteiger partial charge in [-0.25, -0.2) is 8.42 Å². The third-order valence-electron chi connectivity index (χ3n) is 3.48. The van der Waals surface area contributed by atoms with E-state index in [1.54, 1.807) is 0 Å². The number of hydrogen-bond acceptors (Lipinski definition) is 4. The van der Waals surface area contributed by atoms with Crippen LogP contribution in [0.15, 0.2) is 24.3 Å². The smallest absolute Gasteiger partial charge is 0.150 e. The summed E-state index contributed by atoms with van der Waals surface area (Å²) in [5.74, 6) is 0.573. The Morgan fingerprint density at radius 1 is 1.26 bits per heavy atom. The Hall–Kier alpha value is -1.07. The fourth-order valence-electron chi connectivity index (χ4n) is 2.37. The Morgan fingerprint density at radius 2 is 2.00 bits per heavy atom. The highest BCUT2D eigenvalue weighted by Crippen LogP contribution is 2.19. The summed E-state index contributed by atoms with van der Waals surface area (Å²) < 4.78 is 22.7. The molecule has 1 saturated heterocycles. The van der Waals surface area contributed by atoms with E-state index in [4.69, 9.17) is 5.11 Å². The third kappa shape index (κ3) is 4.51. The predicted molar refractivity (Wildman–Crippen MR) is 77.1 cm³/mol. The van der Waals surface area contributed by atoms with Crippen molar-refractivity contribution in [3.8, 4) is 0 Å². The van der Waals surface area contributed by atoms with Crippen LogP contribution < -0.4 is 5.32 Å². The van der Waals surface area contributed by atoms with Gasteiger partial charge in [-0.1, -0.05) is 12.1 Å². The van der Waals surface area contributed by atoms with Crippen molar-refractivity contribution in [2.75, 3.05) is 23.4 Å². The Labute approximate surface area is 114 Å². The standard InChI is InChI=1S/C14H21NO3S/c16-8-2-4-12-3-1-5-14(11-12)15-13-6-9-19(17,18)10-7-13/h1,3,5,11,13,15-16H,2,4,6-10H2. The molecular weight excluding hydrogens is 262 g/mol. The van der Waals surface area contributed by atoms with Gasteiger partial charge in [-0.2, -0.15) is 0 Å². The molecule has 1 aromatic carbocycles. The summed E-state index contributed by atoms with van der Waals surface area (Å²) in [7, 11) is -2.80. The maximum Gasteiger partial charge on any atom is 0.150 e. The van der Waals surface area contributed by atoms with Gasteiger partial charge in [-0.05, 0) is 43.4 Å². The van der Waals surface area contributed by atoms with Crippen LogP contribution in [0, 0.1) is 0 Å². The highest BCUT2D eigenvalue weighted by molar-refractivity contribution is 7.91. The molecule has 2 N–H and O–H groups in total. The van der Waals surface area contributed by atoms with Crippen molar-refractivity contribution in [3.63, 3.8) is 0 Å². The van der Waals surface area contributed by atoms with Crippen molar-refractivity contribution < 1.29 is 13.5 Å². The van der Waals surface area contributed by atoms with Crippen LogP contribution in [0.2, 0.25) is 0 Å². The van der Waals surface area contributed by atoms with Gasteiger partial charge in [0, 0.05) is 18.3 Å². The molecule has 0 spiro atoms. The highest BCUT2D eigenvalue weighted by Gasteiger charge is 2.23. The van der Waals surface area contributed by atoms with Crippen molar-refractivity contribution in [1.29, 1.82) is 0 Å². The van der Waals surface area contributed by atoms with Gasteiger partial charge in [-0.3, -0.25) is 0 Å². The van der Waals surface area contributed by atoms with Crippen LogP contribution in [0.4, 0.5) is 5.69 Å². The van der Waals surface area contributed by atoms with Crippen LogP contribution in [0.3, 0.4) is 0 Å². The fourth-order valence-corrected chi connectivity index (χ4v) is 3.86. The van der Waals surface area contributed by atoms with Crippen molar-refractivity contribution in [3.05, 3.63) is 29.8 Å². The first kappa shape index (κ1) is 14.3. The van der Waals surface area contributed by atoms with Crippen LogP contribution in [0.5, 0.6) is 0 Å². The SMILES string of the molecule is O=S1(=O)CCC(Nc2cccc(CCCO)c2)CC1. The van der Waals surface area contributed by atoms with Crippen LogP contribution in [-0.4, -0.2) is 37.7 Å². The third-order valence-corrected chi connectivity index (χ3v) is 5.19. The molecule has 0 aromatic heterocycles. The molecule has 106 valence electrons. The number of sulfone groups is 1. The number of aliphatic hydroxyl groups excluding tert-OH is 1. The predicted octanol–water partition coefficient (Wildman–Crippen LogP) is 1.60. The normalized spacial score (nSPS) is 19.2. The zero-order valence-electron chi connectivity index (χ0n) is 11.0. The zero-order valence-corrected chi connectivity index (χ0v) is 11.8. The van der Waals surface area contributed by atoms with Crippen molar-refractivity contribution >= 4 is 15.5 Å². The molecule has 0 saturated carbocycles. The summed E-state index contributed by atoms with van der Waals surface area (Å²) in [4.78, 5) is 0. The van der Waals surface area contributed by atoms with Crippen LogP contribution in [0.1, 0.15) is 24.8 Å². The number of aliphatic hydroxyl groups is 1. The van der Waals surface area contributed by atoms with Crippen molar-refractivity contribution in [2.24, 2.45) is 0 Å². The lowest BCUT2D eigenvalue weighted by Gasteiger charge is -2.24. The van der Waals surface area contributed by atoms with E-state index in [1.807, 2.05) is 18.2 Å². The fraction of sp³-hybridized carbons (Fsp3) is 0.571. The molecule has 4 nitrogen and oxygen atoms in total.